The maximum Gasteiger partial charge on any atom is 0.334 e. The molecule has 3 aromatic rings. The molecule has 0 spiro atoms. The first kappa shape index (κ1) is 24.5. The zero-order chi connectivity index (χ0) is 25.9. The summed E-state index contributed by atoms with van der Waals surface area (Å²) in [5.74, 6) is -0.396. The first-order valence-electron chi connectivity index (χ1n) is 11.9. The van der Waals surface area contributed by atoms with E-state index >= 15 is 0 Å². The van der Waals surface area contributed by atoms with E-state index in [2.05, 4.69) is 37.5 Å². The van der Waals surface area contributed by atoms with E-state index in [0.29, 0.717) is 13.0 Å². The van der Waals surface area contributed by atoms with E-state index in [1.165, 1.54) is 17.8 Å². The third-order valence-electron chi connectivity index (χ3n) is 6.69. The monoisotopic (exact) mass is 519 g/mol. The molecule has 2 atom stereocenters. The Morgan fingerprint density at radius 2 is 1.84 bits per heavy atom. The van der Waals surface area contributed by atoms with Crippen molar-refractivity contribution in [3.8, 4) is 0 Å². The van der Waals surface area contributed by atoms with Crippen LogP contribution in [0.3, 0.4) is 0 Å². The van der Waals surface area contributed by atoms with Crippen LogP contribution in [0, 0.1) is 0 Å². The lowest BCUT2D eigenvalue weighted by molar-refractivity contribution is -0.128. The Morgan fingerprint density at radius 3 is 2.62 bits per heavy atom. The van der Waals surface area contributed by atoms with Gasteiger partial charge in [0.25, 0.3) is 5.91 Å². The van der Waals surface area contributed by atoms with Crippen LogP contribution in [-0.2, 0) is 17.6 Å². The summed E-state index contributed by atoms with van der Waals surface area (Å²) in [5, 5.41) is 5.87. The highest BCUT2D eigenvalue weighted by atomic mass is 35.5. The summed E-state index contributed by atoms with van der Waals surface area (Å²) in [6.45, 7) is 0.592. The molecule has 1 aliphatic carbocycles. The summed E-state index contributed by atoms with van der Waals surface area (Å²) in [6.07, 6.45) is 7.14. The van der Waals surface area contributed by atoms with Gasteiger partial charge >= 0.3 is 6.03 Å². The molecule has 1 saturated heterocycles. The van der Waals surface area contributed by atoms with E-state index in [1.54, 1.807) is 18.1 Å². The number of nitrogens with one attached hydrogen (secondary N) is 4. The van der Waals surface area contributed by atoms with E-state index in [0.717, 1.165) is 29.5 Å². The Kier molecular flexibility index (Phi) is 6.91. The fourth-order valence-electron chi connectivity index (χ4n) is 4.70. The van der Waals surface area contributed by atoms with Gasteiger partial charge in [-0.2, -0.15) is 0 Å². The van der Waals surface area contributed by atoms with Crippen molar-refractivity contribution in [2.45, 2.75) is 31.3 Å². The molecule has 0 bridgehead atoms. The first-order chi connectivity index (χ1) is 17.9. The number of halogens is 1. The van der Waals surface area contributed by atoms with E-state index in [4.69, 9.17) is 11.6 Å². The molecule has 2 aromatic heterocycles. The molecule has 1 aliphatic heterocycles. The molecular formula is C26H26ClN7O3. The van der Waals surface area contributed by atoms with E-state index in [1.807, 2.05) is 30.5 Å². The van der Waals surface area contributed by atoms with Crippen molar-refractivity contribution in [3.05, 3.63) is 87.8 Å². The first-order valence-corrected chi connectivity index (χ1v) is 12.3. The number of hydrogen-bond acceptors (Lipinski definition) is 6. The molecule has 1 aromatic carbocycles. The van der Waals surface area contributed by atoms with Crippen LogP contribution in [0.25, 0.3) is 0 Å². The summed E-state index contributed by atoms with van der Waals surface area (Å²) >= 11 is 6.31. The quantitative estimate of drug-likeness (QED) is 0.384. The lowest BCUT2D eigenvalue weighted by atomic mass is 9.96. The van der Waals surface area contributed by atoms with Crippen molar-refractivity contribution in [3.63, 3.8) is 0 Å². The molecule has 10 nitrogen and oxygen atoms in total. The van der Waals surface area contributed by atoms with Crippen LogP contribution in [-0.4, -0.2) is 52.3 Å². The second-order valence-corrected chi connectivity index (χ2v) is 9.47. The van der Waals surface area contributed by atoms with Gasteiger partial charge in [-0.1, -0.05) is 35.9 Å². The number of hydrazine groups is 1. The fourth-order valence-corrected chi connectivity index (χ4v) is 4.91. The normalized spacial score (nSPS) is 18.3. The van der Waals surface area contributed by atoms with Gasteiger partial charge in [-0.15, -0.1) is 0 Å². The van der Waals surface area contributed by atoms with Gasteiger partial charge in [0, 0.05) is 32.2 Å². The number of pyridine rings is 2. The molecule has 3 heterocycles. The van der Waals surface area contributed by atoms with Crippen LogP contribution in [0.4, 0.5) is 10.6 Å². The number of likely N-dealkylation sites (N-methyl/N-ethyl adjacent to an activating group) is 1. The predicted octanol–water partition coefficient (Wildman–Crippen LogP) is 2.60. The van der Waals surface area contributed by atoms with Crippen LogP contribution in [0.1, 0.15) is 45.1 Å². The zero-order valence-electron chi connectivity index (χ0n) is 20.1. The fraction of sp³-hybridized carbons (Fsp3) is 0.269. The molecule has 5 rings (SSSR count). The van der Waals surface area contributed by atoms with Gasteiger partial charge in [0.05, 0.1) is 16.6 Å². The third kappa shape index (κ3) is 5.19. The minimum absolute atomic E-state index is 0.129. The maximum atomic E-state index is 12.9. The lowest BCUT2D eigenvalue weighted by Gasteiger charge is -2.22. The Hall–Kier alpha value is -4.18. The molecular weight excluding hydrogens is 494 g/mol. The minimum Gasteiger partial charge on any atom is -0.344 e. The molecule has 1 fully saturated rings. The number of carbonyl (C=O) groups is 3. The second kappa shape index (κ2) is 10.4. The lowest BCUT2D eigenvalue weighted by Crippen LogP contribution is -2.42. The Balaban J connectivity index is 1.24. The van der Waals surface area contributed by atoms with Gasteiger partial charge in [-0.3, -0.25) is 25.4 Å². The number of urea groups is 1. The van der Waals surface area contributed by atoms with Gasteiger partial charge < -0.3 is 15.5 Å². The number of anilines is 1. The predicted molar refractivity (Wildman–Crippen MR) is 138 cm³/mol. The third-order valence-corrected chi connectivity index (χ3v) is 6.98. The van der Waals surface area contributed by atoms with Crippen molar-refractivity contribution in [2.75, 3.05) is 19.0 Å². The number of aryl methyl sites for hydroxylation is 2. The smallest absolute Gasteiger partial charge is 0.334 e. The van der Waals surface area contributed by atoms with Crippen LogP contribution >= 0.6 is 11.6 Å². The summed E-state index contributed by atoms with van der Waals surface area (Å²) in [6, 6.07) is 10.00. The van der Waals surface area contributed by atoms with Crippen molar-refractivity contribution in [1.29, 1.82) is 0 Å². The standard InChI is InChI=1S/C26H26ClN7O3/c1-34-11-9-21(25(34)36)30-24(35)17-12-20(27)23(29-14-17)32-33-26(37)31-22-18-5-3-2-4-15(18)6-7-16-13-28-10-8-19(16)22/h2-5,8,10,12-14,21-22H,6-7,9,11H2,1H3,(H,29,32)(H,30,35)(H2,31,33,37). The maximum absolute atomic E-state index is 12.9. The van der Waals surface area contributed by atoms with Gasteiger partial charge in [0.15, 0.2) is 5.82 Å². The second-order valence-electron chi connectivity index (χ2n) is 9.06. The average Bonchev–Trinajstić information content (AvgIpc) is 3.13. The molecule has 11 heteroatoms. The molecule has 0 radical (unpaired) electrons. The zero-order valence-corrected chi connectivity index (χ0v) is 20.9. The van der Waals surface area contributed by atoms with Gasteiger partial charge in [-0.05, 0) is 53.6 Å². The van der Waals surface area contributed by atoms with Crippen LogP contribution in [0.5, 0.6) is 0 Å². The largest absolute Gasteiger partial charge is 0.344 e. The minimum atomic E-state index is -0.561. The highest BCUT2D eigenvalue weighted by Crippen LogP contribution is 2.32. The Morgan fingerprint density at radius 1 is 1.05 bits per heavy atom. The number of amides is 4. The highest BCUT2D eigenvalue weighted by Gasteiger charge is 2.30. The molecule has 4 amide bonds. The van der Waals surface area contributed by atoms with Gasteiger partial charge in [-0.25, -0.2) is 9.78 Å². The topological polar surface area (TPSA) is 128 Å². The van der Waals surface area contributed by atoms with E-state index in [-0.39, 0.29) is 28.4 Å². The molecule has 2 aliphatic rings. The van der Waals surface area contributed by atoms with Crippen LogP contribution in [0.2, 0.25) is 5.02 Å². The molecule has 37 heavy (non-hydrogen) atoms. The number of carbonyl (C=O) groups excluding carboxylic acids is 3. The highest BCUT2D eigenvalue weighted by molar-refractivity contribution is 6.33. The van der Waals surface area contributed by atoms with E-state index in [9.17, 15) is 14.4 Å². The van der Waals surface area contributed by atoms with E-state index < -0.39 is 18.0 Å². The summed E-state index contributed by atoms with van der Waals surface area (Å²) < 4.78 is 0. The van der Waals surface area contributed by atoms with Crippen molar-refractivity contribution < 1.29 is 14.4 Å². The molecule has 0 saturated carbocycles. The number of likely N-dealkylation sites (tertiary alicyclic amines) is 1. The van der Waals surface area contributed by atoms with Crippen molar-refractivity contribution >= 4 is 35.3 Å². The van der Waals surface area contributed by atoms with Gasteiger partial charge in [0.1, 0.15) is 6.04 Å². The SMILES string of the molecule is CN1CCC(NC(=O)c2cnc(NNC(=O)NC3c4ccccc4CCc4cnccc43)c(Cl)c2)C1=O. The molecule has 2 unspecified atom stereocenters. The number of fused-ring (bicyclic) bond motifs is 2. The number of hydrogen-bond donors (Lipinski definition) is 4. The number of nitrogens with zero attached hydrogens (tertiary/aromatic N) is 3. The summed E-state index contributed by atoms with van der Waals surface area (Å²) in [5.41, 5.74) is 9.77. The van der Waals surface area contributed by atoms with Crippen molar-refractivity contribution in [2.24, 2.45) is 0 Å². The van der Waals surface area contributed by atoms with Crippen LogP contribution in [0.15, 0.2) is 55.0 Å². The molecule has 4 N–H and O–H groups in total. The summed E-state index contributed by atoms with van der Waals surface area (Å²) in [7, 11) is 1.70. The average molecular weight is 520 g/mol. The molecule has 190 valence electrons. The van der Waals surface area contributed by atoms with Gasteiger partial charge in [0.2, 0.25) is 5.91 Å². The Labute approximate surface area is 218 Å². The summed E-state index contributed by atoms with van der Waals surface area (Å²) in [4.78, 5) is 47.5. The number of aromatic nitrogens is 2. The number of rotatable bonds is 5. The number of benzene rings is 1. The van der Waals surface area contributed by atoms with Crippen LogP contribution < -0.4 is 21.5 Å². The Bertz CT molecular complexity index is 1320. The van der Waals surface area contributed by atoms with Crippen molar-refractivity contribution in [1.82, 2.24) is 30.9 Å².